The third-order valence-electron chi connectivity index (χ3n) is 3.08. The fraction of sp³-hybridized carbons (Fsp3) is 0.500. The summed E-state index contributed by atoms with van der Waals surface area (Å²) in [5.41, 5.74) is 2.56. The monoisotopic (exact) mass is 292 g/mol. The van der Waals surface area contributed by atoms with Gasteiger partial charge in [0.05, 0.1) is 0 Å². The molecule has 0 aliphatic carbocycles. The van der Waals surface area contributed by atoms with Gasteiger partial charge in [0.15, 0.2) is 6.29 Å². The van der Waals surface area contributed by atoms with E-state index in [1.165, 1.54) is 11.1 Å². The maximum Gasteiger partial charge on any atom is 0.229 e. The van der Waals surface area contributed by atoms with Crippen LogP contribution in [0.3, 0.4) is 0 Å². The number of hydrogen-bond acceptors (Lipinski definition) is 3. The van der Waals surface area contributed by atoms with E-state index in [1.54, 1.807) is 14.2 Å². The lowest BCUT2D eigenvalue weighted by atomic mass is 10.0. The lowest BCUT2D eigenvalue weighted by molar-refractivity contribution is -0.103. The fourth-order valence-corrected chi connectivity index (χ4v) is 2.74. The number of benzene rings is 1. The molecule has 0 amide bonds. The van der Waals surface area contributed by atoms with E-state index in [9.17, 15) is 0 Å². The molecule has 0 unspecified atom stereocenters. The van der Waals surface area contributed by atoms with Crippen molar-refractivity contribution in [1.29, 1.82) is 0 Å². The molecule has 0 atom stereocenters. The van der Waals surface area contributed by atoms with Crippen LogP contribution >= 0.6 is 0 Å². The lowest BCUT2D eigenvalue weighted by Crippen LogP contribution is -2.14. The second-order valence-electron chi connectivity index (χ2n) is 4.44. The van der Waals surface area contributed by atoms with Crippen molar-refractivity contribution in [1.82, 2.24) is 0 Å². The van der Waals surface area contributed by atoms with Crippen LogP contribution in [0.25, 0.3) is 6.08 Å². The highest BCUT2D eigenvalue weighted by molar-refractivity contribution is 6.26. The van der Waals surface area contributed by atoms with Gasteiger partial charge in [-0.1, -0.05) is 36.9 Å². The number of hydrogen-bond donors (Lipinski definition) is 0. The molecule has 0 N–H and O–H groups in total. The molecule has 1 rings (SSSR count). The van der Waals surface area contributed by atoms with Crippen LogP contribution in [0.15, 0.2) is 30.8 Å². The van der Waals surface area contributed by atoms with Gasteiger partial charge in [-0.15, -0.1) is 0 Å². The summed E-state index contributed by atoms with van der Waals surface area (Å²) in [7, 11) is 3.84. The normalized spacial score (nSPS) is 10.9. The average Bonchev–Trinajstić information content (AvgIpc) is 2.50. The van der Waals surface area contributed by atoms with E-state index in [0.717, 1.165) is 31.9 Å². The predicted molar refractivity (Wildman–Crippen MR) is 83.8 cm³/mol. The Balaban J connectivity index is 2.09. The van der Waals surface area contributed by atoms with Gasteiger partial charge < -0.3 is 13.9 Å². The number of aryl methyl sites for hydroxylation is 1. The Kier molecular flexibility index (Phi) is 9.24. The maximum absolute atomic E-state index is 5.66. The second-order valence-corrected chi connectivity index (χ2v) is 5.52. The molecule has 0 aromatic heterocycles. The summed E-state index contributed by atoms with van der Waals surface area (Å²) >= 11 is 0. The van der Waals surface area contributed by atoms with E-state index in [0.29, 0.717) is 9.76 Å². The highest BCUT2D eigenvalue weighted by Crippen LogP contribution is 2.12. The standard InChI is InChI=1S/C16H24O3Si/c1-4-14-8-5-6-9-15(14)10-7-12-19-20-13-11-16(17-2)18-3/h4-6,8-9,16H,1,7,10-13H2,2-3H3. The van der Waals surface area contributed by atoms with Crippen molar-refractivity contribution in [2.24, 2.45) is 0 Å². The summed E-state index contributed by atoms with van der Waals surface area (Å²) in [4.78, 5) is 0. The topological polar surface area (TPSA) is 27.7 Å². The Hall–Kier alpha value is -0.943. The van der Waals surface area contributed by atoms with E-state index in [1.807, 2.05) is 12.1 Å². The van der Waals surface area contributed by atoms with Crippen LogP contribution in [0.1, 0.15) is 24.0 Å². The van der Waals surface area contributed by atoms with Gasteiger partial charge in [-0.2, -0.15) is 0 Å². The summed E-state index contributed by atoms with van der Waals surface area (Å²) < 4.78 is 15.9. The average molecular weight is 292 g/mol. The van der Waals surface area contributed by atoms with Crippen LogP contribution in [0.2, 0.25) is 6.04 Å². The van der Waals surface area contributed by atoms with Crippen molar-refractivity contribution >= 4 is 15.8 Å². The van der Waals surface area contributed by atoms with Gasteiger partial charge in [0, 0.05) is 20.8 Å². The minimum Gasteiger partial charge on any atom is -0.417 e. The van der Waals surface area contributed by atoms with Crippen LogP contribution in [-0.4, -0.2) is 36.9 Å². The minimum absolute atomic E-state index is 0.106. The van der Waals surface area contributed by atoms with Crippen LogP contribution in [0, 0.1) is 0 Å². The smallest absolute Gasteiger partial charge is 0.229 e. The number of rotatable bonds is 11. The Morgan fingerprint density at radius 1 is 1.25 bits per heavy atom. The van der Waals surface area contributed by atoms with E-state index < -0.39 is 0 Å². The summed E-state index contributed by atoms with van der Waals surface area (Å²) in [5, 5.41) is 0. The second kappa shape index (κ2) is 10.8. The first kappa shape index (κ1) is 17.1. The molecule has 0 spiro atoms. The van der Waals surface area contributed by atoms with Crippen LogP contribution in [0.5, 0.6) is 0 Å². The Morgan fingerprint density at radius 2 is 2.00 bits per heavy atom. The molecule has 110 valence electrons. The molecule has 1 aromatic rings. The highest BCUT2D eigenvalue weighted by atomic mass is 28.2. The van der Waals surface area contributed by atoms with Gasteiger partial charge in [-0.05, 0) is 36.4 Å². The lowest BCUT2D eigenvalue weighted by Gasteiger charge is -2.12. The van der Waals surface area contributed by atoms with Crippen molar-refractivity contribution < 1.29 is 13.9 Å². The molecule has 20 heavy (non-hydrogen) atoms. The maximum atomic E-state index is 5.66. The quantitative estimate of drug-likeness (QED) is 0.356. The molecule has 0 aliphatic rings. The van der Waals surface area contributed by atoms with Crippen molar-refractivity contribution in [3.63, 3.8) is 0 Å². The SMILES string of the molecule is C=Cc1ccccc1CCCO[Si]CCC(OC)OC. The third-order valence-corrected chi connectivity index (χ3v) is 3.98. The molecule has 0 aliphatic heterocycles. The van der Waals surface area contributed by atoms with Gasteiger partial charge in [-0.25, -0.2) is 0 Å². The van der Waals surface area contributed by atoms with Crippen LogP contribution in [0.4, 0.5) is 0 Å². The van der Waals surface area contributed by atoms with Gasteiger partial charge >= 0.3 is 0 Å². The van der Waals surface area contributed by atoms with E-state index in [4.69, 9.17) is 13.9 Å². The molecule has 3 nitrogen and oxygen atoms in total. The van der Waals surface area contributed by atoms with Gasteiger partial charge in [-0.3, -0.25) is 0 Å². The van der Waals surface area contributed by atoms with Gasteiger partial charge in [0.1, 0.15) is 0 Å². The molecule has 0 saturated carbocycles. The van der Waals surface area contributed by atoms with Gasteiger partial charge in [0.2, 0.25) is 9.76 Å². The Morgan fingerprint density at radius 3 is 2.70 bits per heavy atom. The molecule has 2 radical (unpaired) electrons. The summed E-state index contributed by atoms with van der Waals surface area (Å²) in [6.07, 6.45) is 4.75. The zero-order valence-corrected chi connectivity index (χ0v) is 13.4. The van der Waals surface area contributed by atoms with Crippen molar-refractivity contribution in [3.8, 4) is 0 Å². The van der Waals surface area contributed by atoms with E-state index in [-0.39, 0.29) is 6.29 Å². The predicted octanol–water partition coefficient (Wildman–Crippen LogP) is 3.33. The number of ether oxygens (including phenoxy) is 2. The van der Waals surface area contributed by atoms with Crippen LogP contribution in [-0.2, 0) is 20.3 Å². The molecular weight excluding hydrogens is 268 g/mol. The number of methoxy groups -OCH3 is 2. The molecule has 0 heterocycles. The largest absolute Gasteiger partial charge is 0.417 e. The summed E-state index contributed by atoms with van der Waals surface area (Å²) in [6, 6.07) is 9.35. The third kappa shape index (κ3) is 6.48. The molecule has 0 bridgehead atoms. The first-order chi connectivity index (χ1) is 9.81. The molecule has 0 saturated heterocycles. The van der Waals surface area contributed by atoms with Crippen molar-refractivity contribution in [3.05, 3.63) is 42.0 Å². The highest BCUT2D eigenvalue weighted by Gasteiger charge is 2.05. The van der Waals surface area contributed by atoms with E-state index >= 15 is 0 Å². The van der Waals surface area contributed by atoms with E-state index in [2.05, 4.69) is 24.8 Å². The Bertz CT molecular complexity index is 378. The minimum atomic E-state index is -0.106. The summed E-state index contributed by atoms with van der Waals surface area (Å²) in [6.45, 7) is 4.64. The fourth-order valence-electron chi connectivity index (χ4n) is 1.95. The molecule has 0 fully saturated rings. The summed E-state index contributed by atoms with van der Waals surface area (Å²) in [5.74, 6) is 0. The zero-order chi connectivity index (χ0) is 14.6. The van der Waals surface area contributed by atoms with Gasteiger partial charge in [0.25, 0.3) is 0 Å². The van der Waals surface area contributed by atoms with Crippen molar-refractivity contribution in [2.75, 3.05) is 20.8 Å². The first-order valence-electron chi connectivity index (χ1n) is 6.92. The molecular formula is C16H24O3Si. The van der Waals surface area contributed by atoms with Crippen molar-refractivity contribution in [2.45, 2.75) is 31.6 Å². The zero-order valence-electron chi connectivity index (χ0n) is 12.4. The van der Waals surface area contributed by atoms with Crippen LogP contribution < -0.4 is 0 Å². The molecule has 1 aromatic carbocycles. The Labute approximate surface area is 124 Å². The first-order valence-corrected chi connectivity index (χ1v) is 8.04. The molecule has 4 heteroatoms.